The maximum Gasteiger partial charge on any atom is 0.255 e. The number of rotatable bonds is 5. The lowest BCUT2D eigenvalue weighted by atomic mass is 9.49. The molecule has 1 saturated heterocycles. The average molecular weight is 574 g/mol. The molecule has 0 radical (unpaired) electrons. The highest BCUT2D eigenvalue weighted by Gasteiger charge is 2.55. The third-order valence-electron chi connectivity index (χ3n) is 10.4. The van der Waals surface area contributed by atoms with Gasteiger partial charge in [-0.05, 0) is 111 Å². The Morgan fingerprint density at radius 1 is 0.833 bits per heavy atom. The van der Waals surface area contributed by atoms with Gasteiger partial charge in [-0.1, -0.05) is 0 Å². The zero-order valence-corrected chi connectivity index (χ0v) is 24.2. The van der Waals surface area contributed by atoms with Gasteiger partial charge < -0.3 is 19.1 Å². The number of halogens is 2. The van der Waals surface area contributed by atoms with E-state index in [-0.39, 0.29) is 17.0 Å². The molecule has 0 N–H and O–H groups in total. The van der Waals surface area contributed by atoms with Crippen LogP contribution in [0.1, 0.15) is 54.6 Å². The van der Waals surface area contributed by atoms with Crippen LogP contribution in [0.5, 0.6) is 5.75 Å². The Morgan fingerprint density at radius 2 is 1.43 bits per heavy atom. The maximum atomic E-state index is 15.1. The van der Waals surface area contributed by atoms with E-state index in [1.54, 1.807) is 29.6 Å². The smallest absolute Gasteiger partial charge is 0.255 e. The second-order valence-electron chi connectivity index (χ2n) is 13.0. The summed E-state index contributed by atoms with van der Waals surface area (Å²) in [6.45, 7) is 3.78. The van der Waals surface area contributed by atoms with Crippen molar-refractivity contribution in [1.82, 2.24) is 14.4 Å². The third kappa shape index (κ3) is 4.50. The first-order chi connectivity index (χ1) is 20.2. The molecule has 4 aliphatic carbocycles. The number of methoxy groups -OCH3 is 1. The molecule has 0 unspecified atom stereocenters. The molecule has 5 aliphatic rings. The Balaban J connectivity index is 1.14. The molecule has 0 spiro atoms. The molecule has 2 amide bonds. The van der Waals surface area contributed by atoms with E-state index < -0.39 is 11.6 Å². The molecule has 3 aromatic rings. The number of ether oxygens (including phenoxy) is 1. The number of nitrogens with zero attached hydrogens (tertiary/aromatic N) is 3. The van der Waals surface area contributed by atoms with Crippen LogP contribution in [0.25, 0.3) is 16.9 Å². The van der Waals surface area contributed by atoms with Crippen molar-refractivity contribution < 1.29 is 23.1 Å². The van der Waals surface area contributed by atoms with Gasteiger partial charge in [-0.25, -0.2) is 8.78 Å². The van der Waals surface area contributed by atoms with Gasteiger partial charge in [0.2, 0.25) is 5.91 Å². The first-order valence-electron chi connectivity index (χ1n) is 15.2. The predicted molar refractivity (Wildman–Crippen MR) is 155 cm³/mol. The molecule has 8 rings (SSSR count). The quantitative estimate of drug-likeness (QED) is 0.363. The molecular weight excluding hydrogens is 536 g/mol. The number of hydrogen-bond donors (Lipinski definition) is 0. The summed E-state index contributed by atoms with van der Waals surface area (Å²) in [6, 6.07) is 12.6. The van der Waals surface area contributed by atoms with Crippen molar-refractivity contribution >= 4 is 11.8 Å². The van der Waals surface area contributed by atoms with Crippen LogP contribution in [0.3, 0.4) is 0 Å². The molecular formula is C34H37F2N3O3. The Hall–Kier alpha value is -3.68. The van der Waals surface area contributed by atoms with Crippen molar-refractivity contribution in [1.29, 1.82) is 0 Å². The van der Waals surface area contributed by atoms with Crippen molar-refractivity contribution in [3.8, 4) is 22.7 Å². The summed E-state index contributed by atoms with van der Waals surface area (Å²) in [6.07, 6.45) is 7.02. The minimum atomic E-state index is -0.709. The fourth-order valence-corrected chi connectivity index (χ4v) is 8.76. The number of carbonyl (C=O) groups excluding carboxylic acids is 2. The number of piperazine rings is 1. The van der Waals surface area contributed by atoms with Gasteiger partial charge in [0.05, 0.1) is 29.5 Å². The van der Waals surface area contributed by atoms with E-state index in [4.69, 9.17) is 4.74 Å². The first kappa shape index (κ1) is 27.2. The first-order valence-corrected chi connectivity index (χ1v) is 15.2. The summed E-state index contributed by atoms with van der Waals surface area (Å²) < 4.78 is 35.8. The van der Waals surface area contributed by atoms with Crippen molar-refractivity contribution in [3.63, 3.8) is 0 Å². The average Bonchev–Trinajstić information content (AvgIpc) is 3.32. The van der Waals surface area contributed by atoms with E-state index in [9.17, 15) is 14.0 Å². The van der Waals surface area contributed by atoms with Gasteiger partial charge in [0.1, 0.15) is 17.4 Å². The lowest BCUT2D eigenvalue weighted by molar-refractivity contribution is -0.159. The fourth-order valence-electron chi connectivity index (χ4n) is 8.76. The van der Waals surface area contributed by atoms with Crippen LogP contribution in [0, 0.1) is 41.7 Å². The Bertz CT molecular complexity index is 1500. The Kier molecular flexibility index (Phi) is 6.63. The highest BCUT2D eigenvalue weighted by Crippen LogP contribution is 2.60. The van der Waals surface area contributed by atoms with E-state index in [1.165, 1.54) is 31.4 Å². The topological polar surface area (TPSA) is 54.8 Å². The van der Waals surface area contributed by atoms with Crippen LogP contribution in [-0.4, -0.2) is 59.5 Å². The molecule has 1 aromatic heterocycles. The molecule has 5 fully saturated rings. The van der Waals surface area contributed by atoms with Gasteiger partial charge in [-0.2, -0.15) is 0 Å². The van der Waals surface area contributed by atoms with Gasteiger partial charge in [0.25, 0.3) is 5.91 Å². The normalized spacial score (nSPS) is 26.5. The van der Waals surface area contributed by atoms with Crippen LogP contribution in [-0.2, 0) is 4.79 Å². The van der Waals surface area contributed by atoms with Crippen molar-refractivity contribution in [2.24, 2.45) is 23.2 Å². The number of aromatic nitrogens is 1. The monoisotopic (exact) mass is 573 g/mol. The van der Waals surface area contributed by atoms with E-state index in [2.05, 4.69) is 0 Å². The summed E-state index contributed by atoms with van der Waals surface area (Å²) in [4.78, 5) is 31.6. The number of amides is 2. The maximum absolute atomic E-state index is 15.1. The molecule has 42 heavy (non-hydrogen) atoms. The minimum absolute atomic E-state index is 0.148. The van der Waals surface area contributed by atoms with Gasteiger partial charge in [0, 0.05) is 37.9 Å². The SMILES string of the molecule is COc1ccc(-c2cc(C(=O)N3CCN(C(=O)C45CC6CC(CC(C6)C4)C5)CC3)c(C)n2-c2ccc(F)cc2F)cc1. The summed E-state index contributed by atoms with van der Waals surface area (Å²) in [5.74, 6) is 1.60. The highest BCUT2D eigenvalue weighted by molar-refractivity contribution is 5.97. The van der Waals surface area contributed by atoms with Crippen LogP contribution < -0.4 is 4.74 Å². The predicted octanol–water partition coefficient (Wildman–Crippen LogP) is 6.24. The Morgan fingerprint density at radius 3 is 2.00 bits per heavy atom. The number of carbonyl (C=O) groups is 2. The Labute approximate surface area is 245 Å². The molecule has 4 bridgehead atoms. The summed E-state index contributed by atoms with van der Waals surface area (Å²) >= 11 is 0. The van der Waals surface area contributed by atoms with Crippen molar-refractivity contribution in [2.75, 3.05) is 33.3 Å². The standard InChI is InChI=1S/C34H37F2N3O3/c1-21-28(17-31(25-3-6-27(42-2)7-4-25)39(21)30-8-5-26(35)16-29(30)36)32(40)37-9-11-38(12-10-37)33(41)34-18-22-13-23(19-34)15-24(14-22)20-34/h3-8,16-17,22-24H,9-15,18-20H2,1-2H3. The van der Waals surface area contributed by atoms with E-state index in [0.29, 0.717) is 72.5 Å². The molecule has 0 atom stereocenters. The largest absolute Gasteiger partial charge is 0.497 e. The van der Waals surface area contributed by atoms with Crippen LogP contribution in [0.4, 0.5) is 8.78 Å². The highest BCUT2D eigenvalue weighted by atomic mass is 19.1. The van der Waals surface area contributed by atoms with Crippen LogP contribution in [0.2, 0.25) is 0 Å². The van der Waals surface area contributed by atoms with Crippen molar-refractivity contribution in [3.05, 3.63) is 71.4 Å². The molecule has 2 aromatic carbocycles. The zero-order valence-electron chi connectivity index (χ0n) is 24.2. The van der Waals surface area contributed by atoms with Gasteiger partial charge >= 0.3 is 0 Å². The number of hydrogen-bond acceptors (Lipinski definition) is 3. The lowest BCUT2D eigenvalue weighted by Gasteiger charge is -2.57. The summed E-state index contributed by atoms with van der Waals surface area (Å²) in [5, 5.41) is 0. The minimum Gasteiger partial charge on any atom is -0.497 e. The molecule has 6 nitrogen and oxygen atoms in total. The van der Waals surface area contributed by atoms with Gasteiger partial charge in [0.15, 0.2) is 0 Å². The molecule has 220 valence electrons. The van der Waals surface area contributed by atoms with E-state index in [1.807, 2.05) is 29.2 Å². The third-order valence-corrected chi connectivity index (χ3v) is 10.4. The summed E-state index contributed by atoms with van der Waals surface area (Å²) in [5.41, 5.74) is 2.42. The van der Waals surface area contributed by atoms with Crippen molar-refractivity contribution in [2.45, 2.75) is 45.4 Å². The molecule has 2 heterocycles. The molecule has 1 aliphatic heterocycles. The summed E-state index contributed by atoms with van der Waals surface area (Å²) in [7, 11) is 1.59. The zero-order chi connectivity index (χ0) is 29.2. The van der Waals surface area contributed by atoms with E-state index >= 15 is 4.39 Å². The number of benzene rings is 2. The van der Waals surface area contributed by atoms with Gasteiger partial charge in [-0.15, -0.1) is 0 Å². The molecule has 4 saturated carbocycles. The van der Waals surface area contributed by atoms with Crippen LogP contribution >= 0.6 is 0 Å². The fraction of sp³-hybridized carbons (Fsp3) is 0.471. The molecule has 8 heteroatoms. The van der Waals surface area contributed by atoms with E-state index in [0.717, 1.165) is 30.9 Å². The second kappa shape index (κ2) is 10.2. The lowest BCUT2D eigenvalue weighted by Crippen LogP contribution is -2.58. The second-order valence-corrected chi connectivity index (χ2v) is 13.0. The van der Waals surface area contributed by atoms with Gasteiger partial charge in [-0.3, -0.25) is 9.59 Å². The van der Waals surface area contributed by atoms with Crippen LogP contribution in [0.15, 0.2) is 48.5 Å².